The van der Waals surface area contributed by atoms with Gasteiger partial charge < -0.3 is 15.7 Å². The molecule has 1 aromatic rings. The molecule has 8 heteroatoms. The highest BCUT2D eigenvalue weighted by molar-refractivity contribution is 5.57. The minimum atomic E-state index is -0.946. The lowest BCUT2D eigenvalue weighted by atomic mass is 10.0. The van der Waals surface area contributed by atoms with Crippen molar-refractivity contribution >= 4 is 17.5 Å². The second kappa shape index (κ2) is 5.58. The number of aliphatic hydroxyl groups is 1. The van der Waals surface area contributed by atoms with Crippen LogP contribution in [0, 0.1) is 10.1 Å². The van der Waals surface area contributed by atoms with Crippen LogP contribution in [0.3, 0.4) is 0 Å². The molecule has 1 rings (SSSR count). The molecule has 0 saturated heterocycles. The Labute approximate surface area is 105 Å². The van der Waals surface area contributed by atoms with E-state index in [0.29, 0.717) is 6.42 Å². The van der Waals surface area contributed by atoms with Gasteiger partial charge >= 0.3 is 5.69 Å². The van der Waals surface area contributed by atoms with Crippen LogP contribution in [0.5, 0.6) is 0 Å². The van der Waals surface area contributed by atoms with Gasteiger partial charge in [-0.2, -0.15) is 4.98 Å². The number of aromatic nitrogens is 2. The Morgan fingerprint density at radius 3 is 2.78 bits per heavy atom. The minimum absolute atomic E-state index is 0.0908. The van der Waals surface area contributed by atoms with Crippen molar-refractivity contribution in [2.24, 2.45) is 0 Å². The van der Waals surface area contributed by atoms with Crippen LogP contribution in [0.25, 0.3) is 0 Å². The number of nitro groups is 1. The van der Waals surface area contributed by atoms with E-state index < -0.39 is 10.5 Å². The molecule has 0 aliphatic heterocycles. The van der Waals surface area contributed by atoms with Crippen molar-refractivity contribution in [3.8, 4) is 0 Å². The lowest BCUT2D eigenvalue weighted by Gasteiger charge is -2.21. The SMILES string of the molecule is CCC(C)(O)CNc1nc(NC)ncc1[N+](=O)[O-]. The smallest absolute Gasteiger partial charge is 0.329 e. The summed E-state index contributed by atoms with van der Waals surface area (Å²) in [7, 11) is 1.62. The van der Waals surface area contributed by atoms with Crippen LogP contribution in [0.4, 0.5) is 17.5 Å². The van der Waals surface area contributed by atoms with Crippen LogP contribution in [0.1, 0.15) is 20.3 Å². The molecule has 0 aliphatic carbocycles. The third-order valence-electron chi connectivity index (χ3n) is 2.59. The molecule has 0 aliphatic rings. The highest BCUT2D eigenvalue weighted by atomic mass is 16.6. The van der Waals surface area contributed by atoms with E-state index in [2.05, 4.69) is 20.6 Å². The van der Waals surface area contributed by atoms with Crippen molar-refractivity contribution in [3.05, 3.63) is 16.3 Å². The molecule has 0 aromatic carbocycles. The van der Waals surface area contributed by atoms with E-state index in [0.717, 1.165) is 6.20 Å². The zero-order valence-corrected chi connectivity index (χ0v) is 10.6. The molecule has 0 amide bonds. The molecule has 3 N–H and O–H groups in total. The monoisotopic (exact) mass is 255 g/mol. The molecule has 0 saturated carbocycles. The molecule has 1 aromatic heterocycles. The topological polar surface area (TPSA) is 113 Å². The highest BCUT2D eigenvalue weighted by Gasteiger charge is 2.22. The fourth-order valence-electron chi connectivity index (χ4n) is 1.16. The third kappa shape index (κ3) is 3.52. The molecule has 100 valence electrons. The lowest BCUT2D eigenvalue weighted by Crippen LogP contribution is -2.32. The summed E-state index contributed by atoms with van der Waals surface area (Å²) < 4.78 is 0. The fourth-order valence-corrected chi connectivity index (χ4v) is 1.16. The minimum Gasteiger partial charge on any atom is -0.388 e. The van der Waals surface area contributed by atoms with Gasteiger partial charge in [0.1, 0.15) is 6.20 Å². The molecule has 1 unspecified atom stereocenters. The Morgan fingerprint density at radius 1 is 1.61 bits per heavy atom. The fraction of sp³-hybridized carbons (Fsp3) is 0.600. The summed E-state index contributed by atoms with van der Waals surface area (Å²) in [4.78, 5) is 18.0. The molecule has 1 heterocycles. The average molecular weight is 255 g/mol. The molecule has 8 nitrogen and oxygen atoms in total. The van der Waals surface area contributed by atoms with Crippen LogP contribution in [-0.2, 0) is 0 Å². The second-order valence-corrected chi connectivity index (χ2v) is 4.14. The summed E-state index contributed by atoms with van der Waals surface area (Å²) in [5.74, 6) is 0.368. The number of nitrogens with one attached hydrogen (secondary N) is 2. The van der Waals surface area contributed by atoms with Gasteiger partial charge in [-0.3, -0.25) is 10.1 Å². The summed E-state index contributed by atoms with van der Waals surface area (Å²) in [5, 5.41) is 26.1. The first-order chi connectivity index (χ1) is 8.39. The zero-order chi connectivity index (χ0) is 13.8. The molecule has 0 bridgehead atoms. The van der Waals surface area contributed by atoms with E-state index in [1.54, 1.807) is 14.0 Å². The third-order valence-corrected chi connectivity index (χ3v) is 2.59. The van der Waals surface area contributed by atoms with Gasteiger partial charge in [0.05, 0.1) is 10.5 Å². The summed E-state index contributed by atoms with van der Waals surface area (Å²) in [5.41, 5.74) is -1.17. The Kier molecular flexibility index (Phi) is 4.38. The average Bonchev–Trinajstić information content (AvgIpc) is 2.36. The van der Waals surface area contributed by atoms with Crippen molar-refractivity contribution in [3.63, 3.8) is 0 Å². The van der Waals surface area contributed by atoms with Crippen LogP contribution in [0.15, 0.2) is 6.20 Å². The Bertz CT molecular complexity index is 436. The van der Waals surface area contributed by atoms with Crippen molar-refractivity contribution in [2.75, 3.05) is 24.2 Å². The van der Waals surface area contributed by atoms with Gasteiger partial charge in [-0.25, -0.2) is 4.98 Å². The number of hydrogen-bond acceptors (Lipinski definition) is 7. The predicted molar refractivity (Wildman–Crippen MR) is 67.6 cm³/mol. The molecule has 1 atom stereocenters. The number of nitrogens with zero attached hydrogens (tertiary/aromatic N) is 3. The number of anilines is 2. The predicted octanol–water partition coefficient (Wildman–Crippen LogP) is 0.999. The zero-order valence-electron chi connectivity index (χ0n) is 10.6. The Hall–Kier alpha value is -1.96. The highest BCUT2D eigenvalue weighted by Crippen LogP contribution is 2.22. The van der Waals surface area contributed by atoms with Crippen molar-refractivity contribution in [1.82, 2.24) is 9.97 Å². The normalized spacial score (nSPS) is 13.8. The van der Waals surface area contributed by atoms with Crippen molar-refractivity contribution < 1.29 is 10.0 Å². The standard InChI is InChI=1S/C10H17N5O3/c1-4-10(2,16)6-13-8-7(15(17)18)5-12-9(11-3)14-8/h5,16H,4,6H2,1-3H3,(H2,11,12,13,14). The molecular weight excluding hydrogens is 238 g/mol. The maximum absolute atomic E-state index is 10.8. The van der Waals surface area contributed by atoms with Gasteiger partial charge in [-0.15, -0.1) is 0 Å². The largest absolute Gasteiger partial charge is 0.388 e. The molecule has 0 radical (unpaired) electrons. The van der Waals surface area contributed by atoms with Crippen LogP contribution in [-0.4, -0.2) is 39.2 Å². The second-order valence-electron chi connectivity index (χ2n) is 4.14. The number of hydrogen-bond donors (Lipinski definition) is 3. The van der Waals surface area contributed by atoms with Gasteiger partial charge in [0, 0.05) is 13.6 Å². The quantitative estimate of drug-likeness (QED) is 0.513. The van der Waals surface area contributed by atoms with Gasteiger partial charge in [0.15, 0.2) is 0 Å². The van der Waals surface area contributed by atoms with E-state index in [1.807, 2.05) is 6.92 Å². The molecule has 0 fully saturated rings. The van der Waals surface area contributed by atoms with E-state index in [4.69, 9.17) is 0 Å². The molecular formula is C10H17N5O3. The van der Waals surface area contributed by atoms with Gasteiger partial charge in [-0.1, -0.05) is 6.92 Å². The summed E-state index contributed by atoms with van der Waals surface area (Å²) in [6, 6.07) is 0. The maximum Gasteiger partial charge on any atom is 0.329 e. The van der Waals surface area contributed by atoms with E-state index in [1.165, 1.54) is 0 Å². The maximum atomic E-state index is 10.8. The van der Waals surface area contributed by atoms with Crippen LogP contribution < -0.4 is 10.6 Å². The molecule has 18 heavy (non-hydrogen) atoms. The van der Waals surface area contributed by atoms with Crippen LogP contribution in [0.2, 0.25) is 0 Å². The van der Waals surface area contributed by atoms with Crippen molar-refractivity contribution in [2.45, 2.75) is 25.9 Å². The Balaban J connectivity index is 2.94. The van der Waals surface area contributed by atoms with Gasteiger partial charge in [0.25, 0.3) is 0 Å². The number of rotatable bonds is 6. The summed E-state index contributed by atoms with van der Waals surface area (Å²) in [6.45, 7) is 3.64. The van der Waals surface area contributed by atoms with E-state index >= 15 is 0 Å². The first-order valence-electron chi connectivity index (χ1n) is 5.55. The Morgan fingerprint density at radius 2 is 2.28 bits per heavy atom. The van der Waals surface area contributed by atoms with Gasteiger partial charge in [-0.05, 0) is 13.3 Å². The van der Waals surface area contributed by atoms with E-state index in [-0.39, 0.29) is 24.0 Å². The van der Waals surface area contributed by atoms with E-state index in [9.17, 15) is 15.2 Å². The first kappa shape index (κ1) is 14.1. The summed E-state index contributed by atoms with van der Waals surface area (Å²) >= 11 is 0. The molecule has 0 spiro atoms. The van der Waals surface area contributed by atoms with Crippen molar-refractivity contribution in [1.29, 1.82) is 0 Å². The van der Waals surface area contributed by atoms with Crippen LogP contribution >= 0.6 is 0 Å². The first-order valence-corrected chi connectivity index (χ1v) is 5.55. The summed E-state index contributed by atoms with van der Waals surface area (Å²) in [6.07, 6.45) is 1.65. The van der Waals surface area contributed by atoms with Gasteiger partial charge in [0.2, 0.25) is 11.8 Å². The lowest BCUT2D eigenvalue weighted by molar-refractivity contribution is -0.384.